The van der Waals surface area contributed by atoms with Crippen LogP contribution < -0.4 is 0 Å². The normalized spacial score (nSPS) is 34.2. The van der Waals surface area contributed by atoms with Crippen molar-refractivity contribution in [3.05, 3.63) is 11.8 Å². The van der Waals surface area contributed by atoms with E-state index in [1.165, 1.54) is 0 Å². The number of hydrogen-bond acceptors (Lipinski definition) is 2. The van der Waals surface area contributed by atoms with Gasteiger partial charge >= 0.3 is 0 Å². The maximum absolute atomic E-state index is 11.4. The fourth-order valence-electron chi connectivity index (χ4n) is 1.60. The molecule has 0 aromatic rings. The van der Waals surface area contributed by atoms with E-state index in [9.17, 15) is 4.79 Å². The van der Waals surface area contributed by atoms with Crippen molar-refractivity contribution in [3.8, 4) is 0 Å². The monoisotopic (exact) mass is 168 g/mol. The highest BCUT2D eigenvalue weighted by atomic mass is 16.2. The van der Waals surface area contributed by atoms with Crippen molar-refractivity contribution >= 4 is 5.78 Å². The first-order valence-electron chi connectivity index (χ1n) is 4.48. The van der Waals surface area contributed by atoms with Crippen molar-refractivity contribution in [1.29, 1.82) is 0 Å². The number of allylic oxidation sites excluding steroid dienone is 1. The van der Waals surface area contributed by atoms with Crippen LogP contribution in [0.15, 0.2) is 11.8 Å². The molecule has 1 saturated carbocycles. The molecule has 0 aliphatic heterocycles. The molecule has 1 unspecified atom stereocenters. The second kappa shape index (κ2) is 3.30. The van der Waals surface area contributed by atoms with Crippen LogP contribution >= 0.6 is 0 Å². The third-order valence-electron chi connectivity index (χ3n) is 2.95. The van der Waals surface area contributed by atoms with E-state index in [2.05, 4.69) is 13.8 Å². The molecular weight excluding hydrogens is 152 g/mol. The molecule has 1 aliphatic carbocycles. The summed E-state index contributed by atoms with van der Waals surface area (Å²) in [5.74, 6) is 0.119. The van der Waals surface area contributed by atoms with Gasteiger partial charge in [-0.15, -0.1) is 0 Å². The van der Waals surface area contributed by atoms with Gasteiger partial charge in [-0.25, -0.2) is 0 Å². The molecule has 1 N–H and O–H groups in total. The average molecular weight is 168 g/mol. The van der Waals surface area contributed by atoms with Crippen LogP contribution in [-0.4, -0.2) is 10.9 Å². The lowest BCUT2D eigenvalue weighted by Crippen LogP contribution is -2.26. The number of Topliss-reactive ketones (excluding diaryl/α,β-unsaturated/α-hetero) is 1. The fraction of sp³-hybridized carbons (Fsp3) is 0.700. The van der Waals surface area contributed by atoms with Gasteiger partial charge in [0.1, 0.15) is 0 Å². The van der Waals surface area contributed by atoms with Gasteiger partial charge in [0.2, 0.25) is 0 Å². The summed E-state index contributed by atoms with van der Waals surface area (Å²) in [5.41, 5.74) is 0.768. The third-order valence-corrected chi connectivity index (χ3v) is 2.95. The molecule has 2 heteroatoms. The van der Waals surface area contributed by atoms with Crippen molar-refractivity contribution in [2.45, 2.75) is 39.5 Å². The molecule has 0 spiro atoms. The lowest BCUT2D eigenvalue weighted by molar-refractivity contribution is -0.119. The zero-order chi connectivity index (χ0) is 9.19. The molecule has 0 heterocycles. The van der Waals surface area contributed by atoms with Crippen LogP contribution in [0.25, 0.3) is 0 Å². The standard InChI is InChI=1S/C10H16O2/c1-3-10(2)5-4-8(7-11)9(12)6-10/h7,11H,3-6H2,1-2H3/b8-7+. The van der Waals surface area contributed by atoms with Gasteiger partial charge in [0.15, 0.2) is 5.78 Å². The average Bonchev–Trinajstić information content (AvgIpc) is 2.05. The van der Waals surface area contributed by atoms with E-state index in [0.717, 1.165) is 25.5 Å². The lowest BCUT2D eigenvalue weighted by Gasteiger charge is -2.32. The van der Waals surface area contributed by atoms with Crippen LogP contribution in [0.2, 0.25) is 0 Å². The van der Waals surface area contributed by atoms with Gasteiger partial charge in [0.25, 0.3) is 0 Å². The summed E-state index contributed by atoms with van der Waals surface area (Å²) in [4.78, 5) is 11.4. The van der Waals surface area contributed by atoms with Crippen molar-refractivity contribution in [2.75, 3.05) is 0 Å². The smallest absolute Gasteiger partial charge is 0.162 e. The summed E-state index contributed by atoms with van der Waals surface area (Å²) in [6.07, 6.45) is 4.35. The molecular formula is C10H16O2. The van der Waals surface area contributed by atoms with E-state index in [1.54, 1.807) is 0 Å². The van der Waals surface area contributed by atoms with E-state index in [4.69, 9.17) is 5.11 Å². The van der Waals surface area contributed by atoms with E-state index in [1.807, 2.05) is 0 Å². The molecule has 68 valence electrons. The van der Waals surface area contributed by atoms with Crippen LogP contribution in [0.4, 0.5) is 0 Å². The molecule has 1 fully saturated rings. The predicted octanol–water partition coefficient (Wildman–Crippen LogP) is 2.60. The largest absolute Gasteiger partial charge is 0.515 e. The summed E-state index contributed by atoms with van der Waals surface area (Å²) in [6, 6.07) is 0. The molecule has 0 aromatic carbocycles. The number of aliphatic hydroxyl groups excluding tert-OH is 1. The predicted molar refractivity (Wildman–Crippen MR) is 48.0 cm³/mol. The molecule has 1 aliphatic rings. The molecule has 0 radical (unpaired) electrons. The Kier molecular flexibility index (Phi) is 2.55. The molecule has 2 nitrogen and oxygen atoms in total. The van der Waals surface area contributed by atoms with Crippen LogP contribution in [0.1, 0.15) is 39.5 Å². The Hall–Kier alpha value is -0.790. The van der Waals surface area contributed by atoms with Gasteiger partial charge in [0.05, 0.1) is 6.26 Å². The Bertz CT molecular complexity index is 218. The maximum atomic E-state index is 11.4. The number of carbonyl (C=O) groups is 1. The van der Waals surface area contributed by atoms with E-state index in [0.29, 0.717) is 12.0 Å². The first kappa shape index (κ1) is 9.30. The van der Waals surface area contributed by atoms with Crippen LogP contribution in [0, 0.1) is 5.41 Å². The van der Waals surface area contributed by atoms with Crippen molar-refractivity contribution in [3.63, 3.8) is 0 Å². The highest BCUT2D eigenvalue weighted by Crippen LogP contribution is 2.38. The van der Waals surface area contributed by atoms with Gasteiger partial charge < -0.3 is 5.11 Å². The highest BCUT2D eigenvalue weighted by molar-refractivity contribution is 5.96. The van der Waals surface area contributed by atoms with Crippen LogP contribution in [-0.2, 0) is 4.79 Å². The van der Waals surface area contributed by atoms with Crippen LogP contribution in [0.5, 0.6) is 0 Å². The maximum Gasteiger partial charge on any atom is 0.162 e. The van der Waals surface area contributed by atoms with Crippen molar-refractivity contribution in [2.24, 2.45) is 5.41 Å². The number of hydrogen-bond donors (Lipinski definition) is 1. The molecule has 0 aromatic heterocycles. The molecule has 0 bridgehead atoms. The molecule has 12 heavy (non-hydrogen) atoms. The lowest BCUT2D eigenvalue weighted by atomic mass is 9.72. The second-order valence-electron chi connectivity index (χ2n) is 3.92. The van der Waals surface area contributed by atoms with Crippen molar-refractivity contribution in [1.82, 2.24) is 0 Å². The SMILES string of the molecule is CCC1(C)CC/C(=C\O)C(=O)C1. The van der Waals surface area contributed by atoms with E-state index >= 15 is 0 Å². The minimum atomic E-state index is 0.119. The summed E-state index contributed by atoms with van der Waals surface area (Å²) in [7, 11) is 0. The highest BCUT2D eigenvalue weighted by Gasteiger charge is 2.31. The number of carbonyl (C=O) groups excluding carboxylic acids is 1. The first-order chi connectivity index (χ1) is 5.61. The zero-order valence-electron chi connectivity index (χ0n) is 7.76. The molecule has 0 amide bonds. The van der Waals surface area contributed by atoms with Crippen molar-refractivity contribution < 1.29 is 9.90 Å². The molecule has 1 atom stereocenters. The number of rotatable bonds is 1. The Morgan fingerprint density at radius 2 is 2.33 bits per heavy atom. The van der Waals surface area contributed by atoms with Gasteiger partial charge in [-0.1, -0.05) is 20.3 Å². The third kappa shape index (κ3) is 1.68. The quantitative estimate of drug-likeness (QED) is 0.482. The Morgan fingerprint density at radius 1 is 1.67 bits per heavy atom. The van der Waals surface area contributed by atoms with Gasteiger partial charge in [0, 0.05) is 12.0 Å². The summed E-state index contributed by atoms with van der Waals surface area (Å²) < 4.78 is 0. The molecule has 0 saturated heterocycles. The Balaban J connectivity index is 2.70. The molecule has 1 rings (SSSR count). The Morgan fingerprint density at radius 3 is 2.75 bits per heavy atom. The summed E-state index contributed by atoms with van der Waals surface area (Å²) in [6.45, 7) is 4.25. The minimum Gasteiger partial charge on any atom is -0.515 e. The van der Waals surface area contributed by atoms with E-state index in [-0.39, 0.29) is 11.2 Å². The number of aliphatic hydroxyl groups is 1. The van der Waals surface area contributed by atoms with E-state index < -0.39 is 0 Å². The first-order valence-corrected chi connectivity index (χ1v) is 4.48. The minimum absolute atomic E-state index is 0.119. The van der Waals surface area contributed by atoms with Gasteiger partial charge in [-0.2, -0.15) is 0 Å². The van der Waals surface area contributed by atoms with Crippen LogP contribution in [0.3, 0.4) is 0 Å². The zero-order valence-corrected chi connectivity index (χ0v) is 7.76. The fourth-order valence-corrected chi connectivity index (χ4v) is 1.60. The topological polar surface area (TPSA) is 37.3 Å². The Labute approximate surface area is 73.3 Å². The van der Waals surface area contributed by atoms with Gasteiger partial charge in [-0.05, 0) is 18.3 Å². The summed E-state index contributed by atoms with van der Waals surface area (Å²) in [5, 5.41) is 8.72. The number of ketones is 1. The van der Waals surface area contributed by atoms with Gasteiger partial charge in [-0.3, -0.25) is 4.79 Å². The summed E-state index contributed by atoms with van der Waals surface area (Å²) >= 11 is 0. The second-order valence-corrected chi connectivity index (χ2v) is 3.92.